The van der Waals surface area contributed by atoms with E-state index in [0.717, 1.165) is 56.8 Å². The summed E-state index contributed by atoms with van der Waals surface area (Å²) < 4.78 is 38.3. The lowest BCUT2D eigenvalue weighted by atomic mass is 10.1. The fourth-order valence-corrected chi connectivity index (χ4v) is 5.11. The number of halogens is 3. The van der Waals surface area contributed by atoms with Gasteiger partial charge in [0.1, 0.15) is 0 Å². The van der Waals surface area contributed by atoms with Crippen LogP contribution < -0.4 is 4.90 Å². The Labute approximate surface area is 170 Å². The van der Waals surface area contributed by atoms with Gasteiger partial charge in [-0.2, -0.15) is 13.2 Å². The zero-order valence-corrected chi connectivity index (χ0v) is 16.8. The van der Waals surface area contributed by atoms with Crippen LogP contribution in [-0.2, 0) is 11.0 Å². The molecular weight excluding hydrogens is 379 g/mol. The van der Waals surface area contributed by atoms with E-state index < -0.39 is 11.7 Å². The van der Waals surface area contributed by atoms with Gasteiger partial charge in [-0.15, -0.1) is 0 Å². The lowest BCUT2D eigenvalue weighted by Gasteiger charge is -2.27. The van der Waals surface area contributed by atoms with Crippen molar-refractivity contribution in [2.75, 3.05) is 44.2 Å². The summed E-state index contributed by atoms with van der Waals surface area (Å²) in [4.78, 5) is 19.7. The Kier molecular flexibility index (Phi) is 6.04. The van der Waals surface area contributed by atoms with Crippen LogP contribution in [-0.4, -0.2) is 61.0 Å². The first-order valence-electron chi connectivity index (χ1n) is 10.9. The molecule has 29 heavy (non-hydrogen) atoms. The highest BCUT2D eigenvalue weighted by molar-refractivity contribution is 5.79. The van der Waals surface area contributed by atoms with E-state index in [1.807, 2.05) is 4.90 Å². The van der Waals surface area contributed by atoms with Gasteiger partial charge in [0, 0.05) is 44.5 Å². The van der Waals surface area contributed by atoms with E-state index in [-0.39, 0.29) is 11.8 Å². The second-order valence-electron chi connectivity index (χ2n) is 8.63. The van der Waals surface area contributed by atoms with Crippen molar-refractivity contribution in [2.45, 2.75) is 50.7 Å². The summed E-state index contributed by atoms with van der Waals surface area (Å²) in [5.74, 6) is 0.369. The number of carbonyl (C=O) groups is 1. The second-order valence-corrected chi connectivity index (χ2v) is 8.63. The number of carbonyl (C=O) groups excluding carboxylic acids is 1. The molecule has 7 heteroatoms. The summed E-state index contributed by atoms with van der Waals surface area (Å²) in [6.07, 6.45) is 2.64. The number of hydrogen-bond acceptors (Lipinski definition) is 3. The van der Waals surface area contributed by atoms with Gasteiger partial charge in [0.15, 0.2) is 0 Å². The number of benzene rings is 1. The van der Waals surface area contributed by atoms with Crippen LogP contribution in [0.4, 0.5) is 18.9 Å². The van der Waals surface area contributed by atoms with Gasteiger partial charge in [-0.05, 0) is 56.5 Å². The van der Waals surface area contributed by atoms with Crippen molar-refractivity contribution in [3.63, 3.8) is 0 Å². The van der Waals surface area contributed by atoms with Crippen LogP contribution in [0.2, 0.25) is 0 Å². The van der Waals surface area contributed by atoms with Gasteiger partial charge < -0.3 is 9.80 Å². The van der Waals surface area contributed by atoms with Crippen LogP contribution in [0.15, 0.2) is 24.3 Å². The average molecular weight is 409 g/mol. The Morgan fingerprint density at radius 3 is 2.28 bits per heavy atom. The zero-order valence-electron chi connectivity index (χ0n) is 16.8. The standard InChI is InChI=1S/C22H30F3N3O/c23-22(24,25)18-6-8-20(9-7-18)26-11-3-12-27(15-14-26)21(29)17-10-13-28(16-17)19-4-1-2-5-19/h6-9,17,19H,1-5,10-16H2. The highest BCUT2D eigenvalue weighted by Crippen LogP contribution is 2.31. The Balaban J connectivity index is 1.32. The predicted octanol–water partition coefficient (Wildman–Crippen LogP) is 4.01. The first-order valence-corrected chi connectivity index (χ1v) is 10.9. The normalized spacial score (nSPS) is 24.9. The highest BCUT2D eigenvalue weighted by atomic mass is 19.4. The maximum absolute atomic E-state index is 13.1. The molecule has 0 N–H and O–H groups in total. The van der Waals surface area contributed by atoms with E-state index >= 15 is 0 Å². The van der Waals surface area contributed by atoms with Gasteiger partial charge in [-0.25, -0.2) is 0 Å². The third-order valence-electron chi connectivity index (χ3n) is 6.78. The molecule has 0 bridgehead atoms. The first kappa shape index (κ1) is 20.5. The molecule has 160 valence electrons. The van der Waals surface area contributed by atoms with Crippen molar-refractivity contribution in [1.29, 1.82) is 0 Å². The van der Waals surface area contributed by atoms with Crippen LogP contribution >= 0.6 is 0 Å². The number of amides is 1. The minimum Gasteiger partial charge on any atom is -0.370 e. The van der Waals surface area contributed by atoms with E-state index in [2.05, 4.69) is 9.80 Å². The maximum atomic E-state index is 13.1. The molecule has 1 aliphatic carbocycles. The van der Waals surface area contributed by atoms with E-state index in [4.69, 9.17) is 0 Å². The number of likely N-dealkylation sites (tertiary alicyclic amines) is 1. The average Bonchev–Trinajstić information content (AvgIpc) is 3.34. The van der Waals surface area contributed by atoms with Gasteiger partial charge in [0.2, 0.25) is 5.91 Å². The fraction of sp³-hybridized carbons (Fsp3) is 0.682. The third-order valence-corrected chi connectivity index (χ3v) is 6.78. The summed E-state index contributed by atoms with van der Waals surface area (Å²) in [5.41, 5.74) is 0.168. The molecule has 1 aromatic carbocycles. The minimum atomic E-state index is -4.31. The molecule has 1 aromatic rings. The van der Waals surface area contributed by atoms with Gasteiger partial charge in [0.25, 0.3) is 0 Å². The number of anilines is 1. The quantitative estimate of drug-likeness (QED) is 0.755. The van der Waals surface area contributed by atoms with Gasteiger partial charge in [-0.3, -0.25) is 9.69 Å². The number of rotatable bonds is 3. The first-order chi connectivity index (χ1) is 13.9. The molecular formula is C22H30F3N3O. The van der Waals surface area contributed by atoms with Crippen LogP contribution in [0, 0.1) is 5.92 Å². The second kappa shape index (κ2) is 8.54. The smallest absolute Gasteiger partial charge is 0.370 e. The Morgan fingerprint density at radius 1 is 0.862 bits per heavy atom. The molecule has 1 amide bonds. The van der Waals surface area contributed by atoms with Crippen molar-refractivity contribution >= 4 is 11.6 Å². The Hall–Kier alpha value is -1.76. The molecule has 0 radical (unpaired) electrons. The predicted molar refractivity (Wildman–Crippen MR) is 107 cm³/mol. The van der Waals surface area contributed by atoms with Gasteiger partial charge in [-0.1, -0.05) is 12.8 Å². The SMILES string of the molecule is O=C(C1CCN(C2CCCC2)C1)N1CCCN(c2ccc(C(F)(F)F)cc2)CC1. The number of hydrogen-bond donors (Lipinski definition) is 0. The minimum absolute atomic E-state index is 0.105. The van der Waals surface area contributed by atoms with Crippen molar-refractivity contribution in [3.8, 4) is 0 Å². The third kappa shape index (κ3) is 4.71. The van der Waals surface area contributed by atoms with Crippen LogP contribution in [0.25, 0.3) is 0 Å². The highest BCUT2D eigenvalue weighted by Gasteiger charge is 2.36. The number of nitrogens with zero attached hydrogens (tertiary/aromatic N) is 3. The molecule has 1 unspecified atom stereocenters. The van der Waals surface area contributed by atoms with E-state index in [0.29, 0.717) is 19.1 Å². The number of alkyl halides is 3. The molecule has 0 spiro atoms. The molecule has 2 heterocycles. The Bertz CT molecular complexity index is 700. The lowest BCUT2D eigenvalue weighted by Crippen LogP contribution is -2.40. The molecule has 3 fully saturated rings. The fourth-order valence-electron chi connectivity index (χ4n) is 5.11. The van der Waals surface area contributed by atoms with Crippen LogP contribution in [0.3, 0.4) is 0 Å². The van der Waals surface area contributed by atoms with Crippen molar-refractivity contribution < 1.29 is 18.0 Å². The monoisotopic (exact) mass is 409 g/mol. The lowest BCUT2D eigenvalue weighted by molar-refractivity contribution is -0.137. The van der Waals surface area contributed by atoms with Gasteiger partial charge >= 0.3 is 6.18 Å². The summed E-state index contributed by atoms with van der Waals surface area (Å²) in [7, 11) is 0. The van der Waals surface area contributed by atoms with Gasteiger partial charge in [0.05, 0.1) is 11.5 Å². The van der Waals surface area contributed by atoms with Crippen molar-refractivity contribution in [3.05, 3.63) is 29.8 Å². The van der Waals surface area contributed by atoms with E-state index in [1.54, 1.807) is 0 Å². The molecule has 4 nitrogen and oxygen atoms in total. The Morgan fingerprint density at radius 2 is 1.59 bits per heavy atom. The van der Waals surface area contributed by atoms with Crippen molar-refractivity contribution in [2.24, 2.45) is 5.92 Å². The van der Waals surface area contributed by atoms with E-state index in [9.17, 15) is 18.0 Å². The summed E-state index contributed by atoms with van der Waals surface area (Å²) >= 11 is 0. The van der Waals surface area contributed by atoms with Crippen molar-refractivity contribution in [1.82, 2.24) is 9.80 Å². The molecule has 1 saturated carbocycles. The zero-order chi connectivity index (χ0) is 20.4. The molecule has 0 aromatic heterocycles. The van der Waals surface area contributed by atoms with E-state index in [1.165, 1.54) is 37.8 Å². The largest absolute Gasteiger partial charge is 0.416 e. The topological polar surface area (TPSA) is 26.8 Å². The van der Waals surface area contributed by atoms with Crippen LogP contribution in [0.5, 0.6) is 0 Å². The maximum Gasteiger partial charge on any atom is 0.416 e. The molecule has 3 aliphatic rings. The summed E-state index contributed by atoms with van der Waals surface area (Å²) in [5, 5.41) is 0. The molecule has 4 rings (SSSR count). The molecule has 2 aliphatic heterocycles. The molecule has 2 saturated heterocycles. The summed E-state index contributed by atoms with van der Waals surface area (Å²) in [6, 6.07) is 6.03. The summed E-state index contributed by atoms with van der Waals surface area (Å²) in [6.45, 7) is 4.72. The van der Waals surface area contributed by atoms with Crippen LogP contribution in [0.1, 0.15) is 44.1 Å². The molecule has 1 atom stereocenters.